The van der Waals surface area contributed by atoms with Crippen molar-refractivity contribution in [2.75, 3.05) is 60.5 Å². The smallest absolute Gasteiger partial charge is 0.133 e. The molecule has 0 saturated carbocycles. The number of aliphatic imine (C=N–C) groups is 2. The molecular weight excluding hydrogens is 850 g/mol. The fourth-order valence-corrected chi connectivity index (χ4v) is 7.32. The Bertz CT molecular complexity index is 1980. The first-order valence-electron chi connectivity index (χ1n) is 23.5. The second kappa shape index (κ2) is 35.1. The van der Waals surface area contributed by atoms with Gasteiger partial charge in [0.05, 0.1) is 6.34 Å². The third-order valence-corrected chi connectivity index (χ3v) is 11.2. The zero-order chi connectivity index (χ0) is 48.4. The maximum Gasteiger partial charge on any atom is 0.133 e. The van der Waals surface area contributed by atoms with Gasteiger partial charge in [-0.25, -0.2) is 8.78 Å². The molecule has 1 fully saturated rings. The molecule has 2 aliphatic rings. The summed E-state index contributed by atoms with van der Waals surface area (Å²) in [5.74, 6) is 7.24. The van der Waals surface area contributed by atoms with Gasteiger partial charge >= 0.3 is 0 Å². The monoisotopic (exact) mass is 927 g/mol. The number of aldehydes is 1. The van der Waals surface area contributed by atoms with E-state index in [4.69, 9.17) is 16.6 Å². The molecule has 1 aromatic carbocycles. The predicted molar refractivity (Wildman–Crippen MR) is 279 cm³/mol. The Kier molecular flexibility index (Phi) is 30.3. The second-order valence-corrected chi connectivity index (χ2v) is 16.5. The molecule has 0 aromatic heterocycles. The summed E-state index contributed by atoms with van der Waals surface area (Å²) in [7, 11) is 5.46. The average Bonchev–Trinajstić information content (AvgIpc) is 3.67. The highest BCUT2D eigenvalue weighted by atomic mass is 35.5. The minimum atomic E-state index is -0.458. The van der Waals surface area contributed by atoms with Crippen molar-refractivity contribution < 1.29 is 13.6 Å². The lowest BCUT2D eigenvalue weighted by Crippen LogP contribution is -2.40. The van der Waals surface area contributed by atoms with Crippen molar-refractivity contribution in [1.29, 1.82) is 0 Å². The zero-order valence-corrected chi connectivity index (χ0v) is 41.2. The lowest BCUT2D eigenvalue weighted by atomic mass is 9.96. The first-order valence-corrected chi connectivity index (χ1v) is 23.8. The number of amidine groups is 1. The largest absolute Gasteiger partial charge is 0.392 e. The van der Waals surface area contributed by atoms with Crippen molar-refractivity contribution in [2.24, 2.45) is 15.9 Å². The molecule has 1 unspecified atom stereocenters. The number of nitrogens with zero attached hydrogens (tertiary/aromatic N) is 4. The number of likely N-dealkylation sites (tertiary alicyclic amines) is 1. The van der Waals surface area contributed by atoms with Crippen LogP contribution in [0.25, 0.3) is 5.70 Å². The van der Waals surface area contributed by atoms with Crippen molar-refractivity contribution in [2.45, 2.75) is 97.1 Å². The Morgan fingerprint density at radius 2 is 1.80 bits per heavy atom. The Morgan fingerprint density at radius 3 is 2.48 bits per heavy atom. The fourth-order valence-electron chi connectivity index (χ4n) is 7.14. The number of hydrogen-bond acceptors (Lipinski definition) is 8. The van der Waals surface area contributed by atoms with Crippen molar-refractivity contribution in [3.8, 4) is 11.8 Å². The van der Waals surface area contributed by atoms with Crippen LogP contribution in [0.2, 0.25) is 0 Å². The topological polar surface area (TPSA) is 96.4 Å². The van der Waals surface area contributed by atoms with Crippen LogP contribution in [0.3, 0.4) is 0 Å². The number of rotatable bonds is 27. The molecule has 1 saturated heterocycles. The molecule has 0 bridgehead atoms. The molecule has 66 heavy (non-hydrogen) atoms. The van der Waals surface area contributed by atoms with E-state index in [1.165, 1.54) is 41.8 Å². The molecule has 2 heterocycles. The molecule has 0 amide bonds. The number of piperidine rings is 1. The molecule has 0 spiro atoms. The molecular formula is C54H77ClF2N8O. The van der Waals surface area contributed by atoms with E-state index in [0.29, 0.717) is 36.7 Å². The highest BCUT2D eigenvalue weighted by molar-refractivity contribution is 6.31. The molecule has 3 rings (SSSR count). The second-order valence-electron chi connectivity index (χ2n) is 16.1. The SMILES string of the molecule is C=CC(CCC(=C)NC)N1Cc2c(C#CC3CCN(CNCCCCC\C(F)=C/C(=C\C(Cl)=C\C=C(F)\C=C/C=C\C)C(=NCCCCNC)NC=NC)CC3)cccc2C1=C.CCC=O. The molecule has 0 aliphatic carbocycles. The van der Waals surface area contributed by atoms with Crippen LogP contribution in [-0.4, -0.2) is 94.8 Å². The molecule has 1 atom stereocenters. The standard InChI is InChI=1S/C51H71ClF2N8.C3H6O/c1-8-10-12-19-46(53)26-25-45(52)35-44(51(60-38-56-6)59-32-16-15-30-55-5)36-47(54)20-13-11-14-31-58-39-61-33-28-42(29-34-61)23-24-43-18-17-21-49-41(4)62(37-50(43)49)48(9-2)27-22-40(3)57-7;1-2-3-4/h8-10,12,17-19,21,25-26,35-36,38,42,48,55,57-58H,2-4,11,13-16,20,22,27-34,37,39H2,1,5-7H3,(H,56,59,60);3H,2H2,1H3/b10-8-,19-12-,44-35+,45-25-,46-26-,47-36+;. The van der Waals surface area contributed by atoms with Crippen molar-refractivity contribution in [1.82, 2.24) is 31.1 Å². The summed E-state index contributed by atoms with van der Waals surface area (Å²) in [5.41, 5.74) is 6.06. The molecule has 0 radical (unpaired) electrons. The van der Waals surface area contributed by atoms with Crippen LogP contribution in [-0.2, 0) is 11.3 Å². The van der Waals surface area contributed by atoms with E-state index < -0.39 is 5.83 Å². The number of carbonyl (C=O) groups excluding carboxylic acids is 1. The predicted octanol–water partition coefficient (Wildman–Crippen LogP) is 10.8. The molecule has 2 aliphatic heterocycles. The zero-order valence-electron chi connectivity index (χ0n) is 40.4. The van der Waals surface area contributed by atoms with E-state index in [2.05, 4.69) is 85.8 Å². The summed E-state index contributed by atoms with van der Waals surface area (Å²) >= 11 is 6.51. The summed E-state index contributed by atoms with van der Waals surface area (Å²) in [6.45, 7) is 22.2. The lowest BCUT2D eigenvalue weighted by molar-refractivity contribution is -0.107. The van der Waals surface area contributed by atoms with Gasteiger partial charge in [-0.05, 0) is 127 Å². The Morgan fingerprint density at radius 1 is 1.05 bits per heavy atom. The highest BCUT2D eigenvalue weighted by Gasteiger charge is 2.28. The summed E-state index contributed by atoms with van der Waals surface area (Å²) < 4.78 is 29.7. The average molecular weight is 928 g/mol. The number of benzene rings is 1. The molecule has 4 N–H and O–H groups in total. The van der Waals surface area contributed by atoms with Crippen LogP contribution in [0.15, 0.2) is 131 Å². The first kappa shape index (κ1) is 57.0. The lowest BCUT2D eigenvalue weighted by Gasteiger charge is -2.29. The summed E-state index contributed by atoms with van der Waals surface area (Å²) in [6.07, 6.45) is 25.8. The summed E-state index contributed by atoms with van der Waals surface area (Å²) in [4.78, 5) is 22.7. The van der Waals surface area contributed by atoms with Gasteiger partial charge in [0.1, 0.15) is 23.8 Å². The molecule has 360 valence electrons. The molecule has 12 heteroatoms. The maximum atomic E-state index is 15.5. The fraction of sp³-hybridized carbons (Fsp3) is 0.463. The van der Waals surface area contributed by atoms with E-state index in [0.717, 1.165) is 114 Å². The Balaban J connectivity index is 0.00000358. The summed E-state index contributed by atoms with van der Waals surface area (Å²) in [5, 5.41) is 13.2. The van der Waals surface area contributed by atoms with Crippen LogP contribution in [0.4, 0.5) is 8.78 Å². The van der Waals surface area contributed by atoms with Gasteiger partial charge in [-0.15, -0.1) is 6.58 Å². The van der Waals surface area contributed by atoms with Gasteiger partial charge < -0.3 is 31.0 Å². The van der Waals surface area contributed by atoms with Crippen molar-refractivity contribution in [3.63, 3.8) is 0 Å². The number of unbranched alkanes of at least 4 members (excludes halogenated alkanes) is 3. The third-order valence-electron chi connectivity index (χ3n) is 11.0. The van der Waals surface area contributed by atoms with Gasteiger partial charge in [-0.1, -0.05) is 86.4 Å². The van der Waals surface area contributed by atoms with Crippen LogP contribution < -0.4 is 21.3 Å². The minimum Gasteiger partial charge on any atom is -0.392 e. The number of allylic oxidation sites excluding steroid dienone is 11. The van der Waals surface area contributed by atoms with Crippen LogP contribution in [0.1, 0.15) is 101 Å². The van der Waals surface area contributed by atoms with E-state index in [1.807, 2.05) is 40.1 Å². The third kappa shape index (κ3) is 22.9. The van der Waals surface area contributed by atoms with Crippen LogP contribution >= 0.6 is 11.6 Å². The van der Waals surface area contributed by atoms with E-state index in [9.17, 15) is 9.18 Å². The Labute approximate surface area is 401 Å². The van der Waals surface area contributed by atoms with Gasteiger partial charge in [0.15, 0.2) is 0 Å². The number of fused-ring (bicyclic) bond motifs is 1. The van der Waals surface area contributed by atoms with Gasteiger partial charge in [-0.3, -0.25) is 14.9 Å². The first-order chi connectivity index (χ1) is 32.0. The van der Waals surface area contributed by atoms with E-state index in [-0.39, 0.29) is 23.3 Å². The maximum absolute atomic E-state index is 15.5. The van der Waals surface area contributed by atoms with Gasteiger partial charge in [0.2, 0.25) is 0 Å². The number of carbonyl (C=O) groups is 1. The summed E-state index contributed by atoms with van der Waals surface area (Å²) in [6, 6.07) is 6.57. The van der Waals surface area contributed by atoms with E-state index in [1.54, 1.807) is 25.3 Å². The number of nitrogens with one attached hydrogen (secondary N) is 4. The van der Waals surface area contributed by atoms with Crippen LogP contribution in [0, 0.1) is 17.8 Å². The minimum absolute atomic E-state index is 0.186. The number of halogens is 3. The van der Waals surface area contributed by atoms with Crippen LogP contribution in [0.5, 0.6) is 0 Å². The highest BCUT2D eigenvalue weighted by Crippen LogP contribution is 2.36. The van der Waals surface area contributed by atoms with Crippen molar-refractivity contribution >= 4 is 35.8 Å². The molecule has 9 nitrogen and oxygen atoms in total. The Hall–Kier alpha value is -5.12. The van der Waals surface area contributed by atoms with Gasteiger partial charge in [-0.2, -0.15) is 0 Å². The quantitative estimate of drug-likeness (QED) is 0.0133. The number of hydrogen-bond donors (Lipinski definition) is 4. The van der Waals surface area contributed by atoms with Gasteiger partial charge in [0.25, 0.3) is 0 Å². The van der Waals surface area contributed by atoms with Gasteiger partial charge in [0, 0.05) is 98.5 Å². The normalized spacial score (nSPS) is 16.0. The van der Waals surface area contributed by atoms with Crippen molar-refractivity contribution in [3.05, 3.63) is 137 Å². The molecule has 1 aromatic rings. The van der Waals surface area contributed by atoms with E-state index >= 15 is 4.39 Å².